The first-order valence-corrected chi connectivity index (χ1v) is 10.3. The Balaban J connectivity index is 1.61. The van der Waals surface area contributed by atoms with Crippen molar-refractivity contribution in [1.82, 2.24) is 15.6 Å². The summed E-state index contributed by atoms with van der Waals surface area (Å²) < 4.78 is 0. The third kappa shape index (κ3) is 3.07. The van der Waals surface area contributed by atoms with Gasteiger partial charge >= 0.3 is 0 Å². The number of nitrogens with one attached hydrogen (secondary N) is 2. The van der Waals surface area contributed by atoms with Crippen LogP contribution in [0.2, 0.25) is 0 Å². The molecule has 2 amide bonds. The molecule has 0 saturated carbocycles. The molecule has 5 rings (SSSR count). The molecule has 0 atom stereocenters. The van der Waals surface area contributed by atoms with E-state index >= 15 is 0 Å². The summed E-state index contributed by atoms with van der Waals surface area (Å²) in [6.45, 7) is 1.95. The second-order valence-corrected chi connectivity index (χ2v) is 8.62. The number of benzene rings is 1. The summed E-state index contributed by atoms with van der Waals surface area (Å²) in [5.74, 6) is -0.338. The Hall–Kier alpha value is -2.48. The van der Waals surface area contributed by atoms with E-state index in [1.807, 2.05) is 41.8 Å². The Morgan fingerprint density at radius 3 is 2.89 bits per heavy atom. The van der Waals surface area contributed by atoms with Crippen LogP contribution in [0.15, 0.2) is 41.4 Å². The molecule has 2 aliphatic heterocycles. The molecule has 1 saturated heterocycles. The molecule has 1 aromatic carbocycles. The lowest BCUT2D eigenvalue weighted by Gasteiger charge is -2.10. The normalized spacial score (nSPS) is 18.1. The van der Waals surface area contributed by atoms with Crippen LogP contribution in [0.5, 0.6) is 0 Å². The number of thiophene rings is 1. The zero-order chi connectivity index (χ0) is 18.4. The number of thioether (sulfide) groups is 1. The lowest BCUT2D eigenvalue weighted by Crippen LogP contribution is -2.21. The minimum atomic E-state index is -0.338. The fourth-order valence-corrected chi connectivity index (χ4v) is 5.33. The van der Waals surface area contributed by atoms with Crippen LogP contribution in [-0.2, 0) is 17.8 Å². The maximum atomic E-state index is 11.8. The molecule has 0 radical (unpaired) electrons. The second kappa shape index (κ2) is 6.60. The van der Waals surface area contributed by atoms with Gasteiger partial charge in [0, 0.05) is 40.0 Å². The maximum Gasteiger partial charge on any atom is 0.290 e. The highest BCUT2D eigenvalue weighted by Gasteiger charge is 2.25. The number of aromatic nitrogens is 1. The van der Waals surface area contributed by atoms with Gasteiger partial charge in [0.05, 0.1) is 10.4 Å². The predicted octanol–water partition coefficient (Wildman–Crippen LogP) is 3.93. The van der Waals surface area contributed by atoms with E-state index in [1.54, 1.807) is 6.08 Å². The summed E-state index contributed by atoms with van der Waals surface area (Å²) in [6, 6.07) is 10.2. The summed E-state index contributed by atoms with van der Waals surface area (Å²) >= 11 is 2.78. The van der Waals surface area contributed by atoms with Crippen LogP contribution in [0.1, 0.15) is 16.0 Å². The van der Waals surface area contributed by atoms with Gasteiger partial charge in [0.15, 0.2) is 0 Å². The molecular formula is C20H15N3O2S2. The van der Waals surface area contributed by atoms with Gasteiger partial charge in [-0.2, -0.15) is 0 Å². The third-order valence-corrected chi connectivity index (χ3v) is 6.79. The van der Waals surface area contributed by atoms with E-state index in [-0.39, 0.29) is 11.1 Å². The molecule has 2 aromatic heterocycles. The third-order valence-electron chi connectivity index (χ3n) is 4.71. The number of fused-ring (bicyclic) bond motifs is 2. The van der Waals surface area contributed by atoms with E-state index in [2.05, 4.69) is 21.7 Å². The largest absolute Gasteiger partial charge is 0.312 e. The highest BCUT2D eigenvalue weighted by molar-refractivity contribution is 8.18. The van der Waals surface area contributed by atoms with E-state index in [1.165, 1.54) is 15.3 Å². The number of rotatable bonds is 2. The lowest BCUT2D eigenvalue weighted by molar-refractivity contribution is -0.115. The van der Waals surface area contributed by atoms with Gasteiger partial charge in [-0.3, -0.25) is 19.9 Å². The molecule has 2 N–H and O–H groups in total. The van der Waals surface area contributed by atoms with E-state index in [9.17, 15) is 9.59 Å². The molecule has 0 aliphatic carbocycles. The second-order valence-electron chi connectivity index (χ2n) is 6.47. The molecule has 27 heavy (non-hydrogen) atoms. The van der Waals surface area contributed by atoms with E-state index < -0.39 is 0 Å². The number of amides is 2. The van der Waals surface area contributed by atoms with Crippen LogP contribution >= 0.6 is 23.1 Å². The molecule has 3 aromatic rings. The fourth-order valence-electron chi connectivity index (χ4n) is 3.43. The minimum absolute atomic E-state index is 0.327. The van der Waals surface area contributed by atoms with Gasteiger partial charge in [0.1, 0.15) is 0 Å². The summed E-state index contributed by atoms with van der Waals surface area (Å²) in [5.41, 5.74) is 4.33. The van der Waals surface area contributed by atoms with Gasteiger partial charge in [0.25, 0.3) is 11.1 Å². The molecular weight excluding hydrogens is 378 g/mol. The summed E-state index contributed by atoms with van der Waals surface area (Å²) in [7, 11) is 0. The van der Waals surface area contributed by atoms with Gasteiger partial charge in [-0.05, 0) is 59.7 Å². The van der Waals surface area contributed by atoms with Gasteiger partial charge in [0.2, 0.25) is 0 Å². The number of nitrogens with zero attached hydrogens (tertiary/aromatic N) is 1. The Kier molecular flexibility index (Phi) is 4.07. The van der Waals surface area contributed by atoms with E-state index in [4.69, 9.17) is 0 Å². The first-order chi connectivity index (χ1) is 13.2. The van der Waals surface area contributed by atoms with Crippen LogP contribution in [0.25, 0.3) is 27.4 Å². The van der Waals surface area contributed by atoms with Crippen molar-refractivity contribution in [3.05, 3.63) is 57.4 Å². The smallest absolute Gasteiger partial charge is 0.290 e. The molecule has 0 spiro atoms. The molecule has 2 aliphatic rings. The standard InChI is InChI=1S/C20H15N3O2S2/c24-19-18(27-20(25)23-19)8-11-1-2-15-14(7-11)13(3-6-22-15)17-9-12-10-21-5-4-16(12)26-17/h1-3,6-9,21H,4-5,10H2,(H,23,24,25)/b18-8-. The predicted molar refractivity (Wildman–Crippen MR) is 110 cm³/mol. The quantitative estimate of drug-likeness (QED) is 0.646. The van der Waals surface area contributed by atoms with Crippen molar-refractivity contribution in [3.63, 3.8) is 0 Å². The summed E-state index contributed by atoms with van der Waals surface area (Å²) in [6.07, 6.45) is 4.66. The minimum Gasteiger partial charge on any atom is -0.312 e. The Morgan fingerprint density at radius 1 is 1.15 bits per heavy atom. The number of pyridine rings is 1. The molecule has 7 heteroatoms. The average molecular weight is 393 g/mol. The van der Waals surface area contributed by atoms with Crippen molar-refractivity contribution in [2.24, 2.45) is 0 Å². The van der Waals surface area contributed by atoms with Crippen molar-refractivity contribution in [2.75, 3.05) is 6.54 Å². The van der Waals surface area contributed by atoms with Crippen molar-refractivity contribution in [1.29, 1.82) is 0 Å². The SMILES string of the molecule is O=C1NC(=O)/C(=C/c2ccc3nccc(-c4cc5c(s4)CCNC5)c3c2)S1. The number of imide groups is 1. The van der Waals surface area contributed by atoms with Crippen LogP contribution in [-0.4, -0.2) is 22.7 Å². The summed E-state index contributed by atoms with van der Waals surface area (Å²) in [4.78, 5) is 30.8. The number of hydrogen-bond donors (Lipinski definition) is 2. The van der Waals surface area contributed by atoms with Gasteiger partial charge in [-0.1, -0.05) is 6.07 Å². The Labute approximate surface area is 163 Å². The van der Waals surface area contributed by atoms with Gasteiger partial charge < -0.3 is 5.32 Å². The van der Waals surface area contributed by atoms with Crippen LogP contribution in [0, 0.1) is 0 Å². The monoisotopic (exact) mass is 393 g/mol. The van der Waals surface area contributed by atoms with Crippen LogP contribution in [0.4, 0.5) is 4.79 Å². The maximum absolute atomic E-state index is 11.8. The topological polar surface area (TPSA) is 71.1 Å². The van der Waals surface area contributed by atoms with Crippen molar-refractivity contribution >= 4 is 51.2 Å². The van der Waals surface area contributed by atoms with Crippen LogP contribution in [0.3, 0.4) is 0 Å². The van der Waals surface area contributed by atoms with Crippen molar-refractivity contribution in [2.45, 2.75) is 13.0 Å². The van der Waals surface area contributed by atoms with Crippen molar-refractivity contribution in [3.8, 4) is 10.4 Å². The lowest BCUT2D eigenvalue weighted by atomic mass is 10.0. The first-order valence-electron chi connectivity index (χ1n) is 8.64. The Morgan fingerprint density at radius 2 is 2.07 bits per heavy atom. The van der Waals surface area contributed by atoms with E-state index in [0.29, 0.717) is 4.91 Å². The highest BCUT2D eigenvalue weighted by Crippen LogP contribution is 2.37. The molecule has 0 unspecified atom stereocenters. The fraction of sp³-hybridized carbons (Fsp3) is 0.150. The molecule has 4 heterocycles. The first kappa shape index (κ1) is 16.7. The number of carbonyl (C=O) groups excluding carboxylic acids is 2. The van der Waals surface area contributed by atoms with Gasteiger partial charge in [-0.15, -0.1) is 11.3 Å². The molecule has 5 nitrogen and oxygen atoms in total. The summed E-state index contributed by atoms with van der Waals surface area (Å²) in [5, 5.41) is 6.43. The molecule has 0 bridgehead atoms. The number of hydrogen-bond acceptors (Lipinski definition) is 6. The number of carbonyl (C=O) groups is 2. The zero-order valence-electron chi connectivity index (χ0n) is 14.2. The zero-order valence-corrected chi connectivity index (χ0v) is 15.9. The van der Waals surface area contributed by atoms with Gasteiger partial charge in [-0.25, -0.2) is 0 Å². The highest BCUT2D eigenvalue weighted by atomic mass is 32.2. The average Bonchev–Trinajstić information content (AvgIpc) is 3.23. The van der Waals surface area contributed by atoms with Crippen molar-refractivity contribution < 1.29 is 9.59 Å². The molecule has 1 fully saturated rings. The van der Waals surface area contributed by atoms with Crippen LogP contribution < -0.4 is 10.6 Å². The Bertz CT molecular complexity index is 1110. The molecule has 134 valence electrons. The van der Waals surface area contributed by atoms with E-state index in [0.717, 1.165) is 53.3 Å².